The lowest BCUT2D eigenvalue weighted by Crippen LogP contribution is -2.25. The summed E-state index contributed by atoms with van der Waals surface area (Å²) >= 11 is 0. The molecule has 1 aromatic carbocycles. The molecule has 0 aromatic heterocycles. The van der Waals surface area contributed by atoms with Crippen LogP contribution < -0.4 is 4.90 Å². The second-order valence-corrected chi connectivity index (χ2v) is 4.15. The molecule has 1 saturated carbocycles. The molecule has 0 radical (unpaired) electrons. The highest BCUT2D eigenvalue weighted by Gasteiger charge is 2.29. The van der Waals surface area contributed by atoms with Gasteiger partial charge >= 0.3 is 0 Å². The summed E-state index contributed by atoms with van der Waals surface area (Å²) in [6.07, 6.45) is 2.54. The molecule has 0 unspecified atom stereocenters. The molecule has 0 heterocycles. The zero-order valence-electron chi connectivity index (χ0n) is 9.33. The molecular weight excluding hydrogens is 184 g/mol. The highest BCUT2D eigenvalue weighted by atomic mass is 15.2. The fourth-order valence-electron chi connectivity index (χ4n) is 1.99. The predicted octanol–water partition coefficient (Wildman–Crippen LogP) is 2.86. The van der Waals surface area contributed by atoms with Crippen LogP contribution in [0.1, 0.15) is 30.9 Å². The third kappa shape index (κ3) is 1.97. The number of rotatable bonds is 3. The lowest BCUT2D eigenvalue weighted by atomic mass is 10.1. The van der Waals surface area contributed by atoms with E-state index >= 15 is 0 Å². The van der Waals surface area contributed by atoms with Crippen molar-refractivity contribution in [2.45, 2.75) is 32.7 Å². The van der Waals surface area contributed by atoms with E-state index in [1.807, 2.05) is 12.1 Å². The van der Waals surface area contributed by atoms with E-state index < -0.39 is 0 Å². The Morgan fingerprint density at radius 3 is 2.73 bits per heavy atom. The number of hydrogen-bond acceptors (Lipinski definition) is 2. The maximum Gasteiger partial charge on any atom is 0.101 e. The maximum atomic E-state index is 9.08. The Balaban J connectivity index is 2.39. The van der Waals surface area contributed by atoms with Gasteiger partial charge in [-0.15, -0.1) is 0 Å². The van der Waals surface area contributed by atoms with Gasteiger partial charge in [0, 0.05) is 12.6 Å². The fourth-order valence-corrected chi connectivity index (χ4v) is 1.99. The second kappa shape index (κ2) is 3.94. The van der Waals surface area contributed by atoms with E-state index in [1.165, 1.54) is 18.4 Å². The molecule has 1 aromatic rings. The Morgan fingerprint density at radius 2 is 2.20 bits per heavy atom. The molecule has 0 spiro atoms. The van der Waals surface area contributed by atoms with Gasteiger partial charge in [-0.2, -0.15) is 5.26 Å². The Labute approximate surface area is 91.1 Å². The smallest absolute Gasteiger partial charge is 0.101 e. The summed E-state index contributed by atoms with van der Waals surface area (Å²) in [5, 5.41) is 9.08. The third-order valence-corrected chi connectivity index (χ3v) is 2.91. The quantitative estimate of drug-likeness (QED) is 0.750. The number of nitriles is 1. The first-order chi connectivity index (χ1) is 7.26. The molecular formula is C13H16N2. The van der Waals surface area contributed by atoms with Crippen LogP contribution in [0.4, 0.5) is 5.69 Å². The van der Waals surface area contributed by atoms with E-state index in [0.717, 1.165) is 17.8 Å². The van der Waals surface area contributed by atoms with E-state index in [0.29, 0.717) is 6.04 Å². The summed E-state index contributed by atoms with van der Waals surface area (Å²) < 4.78 is 0. The van der Waals surface area contributed by atoms with Gasteiger partial charge in [-0.25, -0.2) is 0 Å². The van der Waals surface area contributed by atoms with Crippen LogP contribution in [0.15, 0.2) is 18.2 Å². The van der Waals surface area contributed by atoms with Gasteiger partial charge in [0.1, 0.15) is 6.07 Å². The molecule has 0 amide bonds. The first-order valence-corrected chi connectivity index (χ1v) is 5.53. The van der Waals surface area contributed by atoms with Crippen molar-refractivity contribution in [3.05, 3.63) is 29.3 Å². The van der Waals surface area contributed by atoms with Crippen molar-refractivity contribution in [3.8, 4) is 6.07 Å². The molecule has 2 heteroatoms. The third-order valence-electron chi connectivity index (χ3n) is 2.91. The summed E-state index contributed by atoms with van der Waals surface area (Å²) in [7, 11) is 0. The van der Waals surface area contributed by atoms with E-state index in [1.54, 1.807) is 0 Å². The Morgan fingerprint density at radius 1 is 1.47 bits per heavy atom. The molecule has 78 valence electrons. The minimum atomic E-state index is 0.670. The molecule has 2 rings (SSSR count). The number of nitrogens with zero attached hydrogens (tertiary/aromatic N) is 2. The van der Waals surface area contributed by atoms with Gasteiger partial charge in [-0.3, -0.25) is 0 Å². The van der Waals surface area contributed by atoms with Crippen molar-refractivity contribution in [2.24, 2.45) is 0 Å². The zero-order valence-corrected chi connectivity index (χ0v) is 9.33. The largest absolute Gasteiger partial charge is 0.368 e. The van der Waals surface area contributed by atoms with Gasteiger partial charge in [-0.05, 0) is 44.4 Å². The van der Waals surface area contributed by atoms with Gasteiger partial charge in [-0.1, -0.05) is 6.07 Å². The molecule has 1 fully saturated rings. The van der Waals surface area contributed by atoms with E-state index in [4.69, 9.17) is 5.26 Å². The first-order valence-electron chi connectivity index (χ1n) is 5.53. The SMILES string of the molecule is CCN(c1cc(C)ccc1C#N)C1CC1. The first kappa shape index (κ1) is 10.0. The lowest BCUT2D eigenvalue weighted by Gasteiger charge is -2.24. The van der Waals surface area contributed by atoms with Crippen LogP contribution in [-0.2, 0) is 0 Å². The number of hydrogen-bond donors (Lipinski definition) is 0. The summed E-state index contributed by atoms with van der Waals surface area (Å²) in [6, 6.07) is 9.00. The monoisotopic (exact) mass is 200 g/mol. The maximum absolute atomic E-state index is 9.08. The van der Waals surface area contributed by atoms with Crippen LogP contribution >= 0.6 is 0 Å². The fraction of sp³-hybridized carbons (Fsp3) is 0.462. The number of benzene rings is 1. The molecule has 15 heavy (non-hydrogen) atoms. The number of aryl methyl sites for hydroxylation is 1. The minimum absolute atomic E-state index is 0.670. The molecule has 0 atom stereocenters. The second-order valence-electron chi connectivity index (χ2n) is 4.15. The van der Waals surface area contributed by atoms with Crippen LogP contribution in [0.25, 0.3) is 0 Å². The molecule has 0 N–H and O–H groups in total. The number of anilines is 1. The zero-order chi connectivity index (χ0) is 10.8. The van der Waals surface area contributed by atoms with Crippen LogP contribution in [-0.4, -0.2) is 12.6 Å². The molecule has 0 saturated heterocycles. The van der Waals surface area contributed by atoms with Crippen LogP contribution in [0.5, 0.6) is 0 Å². The highest BCUT2D eigenvalue weighted by Crippen LogP contribution is 2.33. The Hall–Kier alpha value is -1.49. The van der Waals surface area contributed by atoms with Gasteiger partial charge < -0.3 is 4.90 Å². The van der Waals surface area contributed by atoms with Gasteiger partial charge in [0.05, 0.1) is 11.3 Å². The van der Waals surface area contributed by atoms with Gasteiger partial charge in [0.2, 0.25) is 0 Å². The van der Waals surface area contributed by atoms with Crippen LogP contribution in [0.2, 0.25) is 0 Å². The molecule has 1 aliphatic carbocycles. The van der Waals surface area contributed by atoms with Crippen molar-refractivity contribution >= 4 is 5.69 Å². The van der Waals surface area contributed by atoms with E-state index in [-0.39, 0.29) is 0 Å². The van der Waals surface area contributed by atoms with E-state index in [9.17, 15) is 0 Å². The standard InChI is InChI=1S/C13H16N2/c1-3-15(12-6-7-12)13-8-10(2)4-5-11(13)9-14/h4-5,8,12H,3,6-7H2,1-2H3. The van der Waals surface area contributed by atoms with Gasteiger partial charge in [0.15, 0.2) is 0 Å². The normalized spacial score (nSPS) is 14.7. The summed E-state index contributed by atoms with van der Waals surface area (Å²) in [5.74, 6) is 0. The summed E-state index contributed by atoms with van der Waals surface area (Å²) in [5.41, 5.74) is 3.14. The lowest BCUT2D eigenvalue weighted by molar-refractivity contribution is 0.824. The van der Waals surface area contributed by atoms with Crippen LogP contribution in [0.3, 0.4) is 0 Å². The highest BCUT2D eigenvalue weighted by molar-refractivity contribution is 5.61. The van der Waals surface area contributed by atoms with E-state index in [2.05, 4.69) is 30.9 Å². The topological polar surface area (TPSA) is 27.0 Å². The molecule has 0 aliphatic heterocycles. The van der Waals surface area contributed by atoms with Crippen molar-refractivity contribution in [2.75, 3.05) is 11.4 Å². The molecule has 1 aliphatic rings. The molecule has 2 nitrogen and oxygen atoms in total. The van der Waals surface area contributed by atoms with Crippen molar-refractivity contribution in [1.82, 2.24) is 0 Å². The predicted molar refractivity (Wildman–Crippen MR) is 61.9 cm³/mol. The van der Waals surface area contributed by atoms with Crippen molar-refractivity contribution in [3.63, 3.8) is 0 Å². The molecule has 0 bridgehead atoms. The Bertz CT molecular complexity index is 399. The van der Waals surface area contributed by atoms with Gasteiger partial charge in [0.25, 0.3) is 0 Å². The van der Waals surface area contributed by atoms with Crippen molar-refractivity contribution < 1.29 is 0 Å². The summed E-state index contributed by atoms with van der Waals surface area (Å²) in [6.45, 7) is 5.22. The Kier molecular flexibility index (Phi) is 2.64. The van der Waals surface area contributed by atoms with Crippen LogP contribution in [0, 0.1) is 18.3 Å². The van der Waals surface area contributed by atoms with Crippen molar-refractivity contribution in [1.29, 1.82) is 5.26 Å². The summed E-state index contributed by atoms with van der Waals surface area (Å²) in [4.78, 5) is 2.35. The average molecular weight is 200 g/mol. The average Bonchev–Trinajstić information content (AvgIpc) is 3.04. The minimum Gasteiger partial charge on any atom is -0.368 e.